The van der Waals surface area contributed by atoms with Crippen molar-refractivity contribution in [1.29, 1.82) is 0 Å². The van der Waals surface area contributed by atoms with Crippen molar-refractivity contribution in [3.8, 4) is 5.75 Å². The van der Waals surface area contributed by atoms with Crippen molar-refractivity contribution in [2.75, 3.05) is 0 Å². The normalized spacial score (nSPS) is 11.9. The molecule has 84 valence electrons. The Morgan fingerprint density at radius 3 is 2.27 bits per heavy atom. The molecule has 1 aliphatic carbocycles. The molecule has 0 heterocycles. The number of benzene rings is 1. The van der Waals surface area contributed by atoms with Crippen LogP contribution in [-0.2, 0) is 6.42 Å². The molecule has 2 nitrogen and oxygen atoms in total. The summed E-state index contributed by atoms with van der Waals surface area (Å²) >= 11 is 0. The van der Waals surface area contributed by atoms with E-state index in [9.17, 15) is 4.79 Å². The Labute approximate surface area is 91.9 Å². The molecule has 0 spiro atoms. The van der Waals surface area contributed by atoms with Gasteiger partial charge in [0.2, 0.25) is 0 Å². The van der Waals surface area contributed by atoms with Crippen LogP contribution in [0.15, 0.2) is 18.2 Å². The van der Waals surface area contributed by atoms with Crippen LogP contribution in [0.1, 0.15) is 50.0 Å². The molecule has 0 fully saturated rings. The fourth-order valence-electron chi connectivity index (χ4n) is 1.42. The molecule has 2 rings (SSSR count). The van der Waals surface area contributed by atoms with E-state index < -0.39 is 0 Å². The number of carbonyl (C=O) groups is 1. The Balaban J connectivity index is 0.000000442. The number of rotatable bonds is 0. The van der Waals surface area contributed by atoms with Crippen LogP contribution in [-0.4, -0.2) is 10.9 Å². The molecule has 0 saturated carbocycles. The van der Waals surface area contributed by atoms with Crippen molar-refractivity contribution < 1.29 is 9.90 Å². The summed E-state index contributed by atoms with van der Waals surface area (Å²) in [7, 11) is 0. The van der Waals surface area contributed by atoms with Gasteiger partial charge in [0.15, 0.2) is 5.78 Å². The number of hydrogen-bond donors (Lipinski definition) is 1. The maximum absolute atomic E-state index is 11.1. The van der Waals surface area contributed by atoms with Gasteiger partial charge >= 0.3 is 0 Å². The molecule has 0 amide bonds. The van der Waals surface area contributed by atoms with Gasteiger partial charge in [-0.05, 0) is 24.1 Å². The van der Waals surface area contributed by atoms with Gasteiger partial charge in [-0.2, -0.15) is 0 Å². The first-order valence-electron chi connectivity index (χ1n) is 5.62. The van der Waals surface area contributed by atoms with Crippen molar-refractivity contribution in [1.82, 2.24) is 0 Å². The van der Waals surface area contributed by atoms with Crippen LogP contribution in [0.4, 0.5) is 0 Å². The number of carbonyl (C=O) groups excluding carboxylic acids is 1. The number of aromatic hydroxyl groups is 1. The minimum absolute atomic E-state index is 0.149. The lowest BCUT2D eigenvalue weighted by Crippen LogP contribution is -1.89. The van der Waals surface area contributed by atoms with Gasteiger partial charge in [0.05, 0.1) is 0 Å². The van der Waals surface area contributed by atoms with Crippen LogP contribution in [0.25, 0.3) is 0 Å². The molecule has 0 radical (unpaired) electrons. The highest BCUT2D eigenvalue weighted by molar-refractivity contribution is 6.00. The zero-order chi connectivity index (χ0) is 11.8. The van der Waals surface area contributed by atoms with Gasteiger partial charge in [-0.25, -0.2) is 0 Å². The highest BCUT2D eigenvalue weighted by atomic mass is 16.3. The standard InChI is InChI=1S/C9H8O2.2C2H6/c10-7-3-1-6-2-4-9(11)8(6)5-7;2*1-2/h1,3,5,10H,2,4H2;2*1-2H3. The summed E-state index contributed by atoms with van der Waals surface area (Å²) in [5.41, 5.74) is 1.76. The number of aryl methyl sites for hydroxylation is 1. The summed E-state index contributed by atoms with van der Waals surface area (Å²) in [6, 6.07) is 4.98. The predicted octanol–water partition coefficient (Wildman–Crippen LogP) is 3.57. The number of ketones is 1. The lowest BCUT2D eigenvalue weighted by atomic mass is 10.1. The van der Waals surface area contributed by atoms with Gasteiger partial charge in [-0.1, -0.05) is 33.8 Å². The van der Waals surface area contributed by atoms with E-state index in [0.29, 0.717) is 12.0 Å². The molecule has 0 saturated heterocycles. The first kappa shape index (κ1) is 13.7. The molecule has 0 bridgehead atoms. The van der Waals surface area contributed by atoms with Gasteiger partial charge in [-0.3, -0.25) is 4.79 Å². The molecule has 1 aliphatic rings. The molecule has 0 aromatic heterocycles. The summed E-state index contributed by atoms with van der Waals surface area (Å²) < 4.78 is 0. The van der Waals surface area contributed by atoms with Crippen LogP contribution >= 0.6 is 0 Å². The molecule has 0 aliphatic heterocycles. The fraction of sp³-hybridized carbons (Fsp3) is 0.462. The molecule has 1 aromatic rings. The summed E-state index contributed by atoms with van der Waals surface area (Å²) in [6.07, 6.45) is 1.42. The minimum Gasteiger partial charge on any atom is -0.508 e. The molecule has 2 heteroatoms. The Morgan fingerprint density at radius 2 is 1.67 bits per heavy atom. The SMILES string of the molecule is CC.CC.O=C1CCc2ccc(O)cc21. The molecule has 0 atom stereocenters. The lowest BCUT2D eigenvalue weighted by Gasteiger charge is -1.96. The van der Waals surface area contributed by atoms with Gasteiger partial charge in [0.1, 0.15) is 5.75 Å². The van der Waals surface area contributed by atoms with Crippen LogP contribution in [0.2, 0.25) is 0 Å². The van der Waals surface area contributed by atoms with Gasteiger partial charge in [0, 0.05) is 12.0 Å². The van der Waals surface area contributed by atoms with Gasteiger partial charge < -0.3 is 5.11 Å². The molecule has 1 aromatic carbocycles. The lowest BCUT2D eigenvalue weighted by molar-refractivity contribution is 0.0994. The average molecular weight is 208 g/mol. The van der Waals surface area contributed by atoms with Crippen molar-refractivity contribution in [2.45, 2.75) is 40.5 Å². The highest BCUT2D eigenvalue weighted by Gasteiger charge is 2.18. The van der Waals surface area contributed by atoms with E-state index in [1.807, 2.05) is 33.8 Å². The topological polar surface area (TPSA) is 37.3 Å². The Hall–Kier alpha value is -1.31. The number of fused-ring (bicyclic) bond motifs is 1. The Kier molecular flexibility index (Phi) is 6.43. The zero-order valence-electron chi connectivity index (χ0n) is 10.0. The van der Waals surface area contributed by atoms with E-state index >= 15 is 0 Å². The van der Waals surface area contributed by atoms with Gasteiger partial charge in [0.25, 0.3) is 0 Å². The second-order valence-electron chi connectivity index (χ2n) is 2.76. The second kappa shape index (κ2) is 7.04. The van der Waals surface area contributed by atoms with Crippen LogP contribution in [0, 0.1) is 0 Å². The maximum atomic E-state index is 11.1. The van der Waals surface area contributed by atoms with E-state index in [2.05, 4.69) is 0 Å². The Bertz CT molecular complexity index is 316. The van der Waals surface area contributed by atoms with E-state index in [1.165, 1.54) is 0 Å². The maximum Gasteiger partial charge on any atom is 0.163 e. The van der Waals surface area contributed by atoms with Crippen molar-refractivity contribution >= 4 is 5.78 Å². The number of phenolic OH excluding ortho intramolecular Hbond substituents is 1. The largest absolute Gasteiger partial charge is 0.508 e. The second-order valence-corrected chi connectivity index (χ2v) is 2.76. The van der Waals surface area contributed by atoms with Crippen molar-refractivity contribution in [2.24, 2.45) is 0 Å². The molecule has 1 N–H and O–H groups in total. The van der Waals surface area contributed by atoms with Gasteiger partial charge in [-0.15, -0.1) is 0 Å². The average Bonchev–Trinajstić information content (AvgIpc) is 2.66. The zero-order valence-corrected chi connectivity index (χ0v) is 10.0. The quantitative estimate of drug-likeness (QED) is 0.707. The van der Waals surface area contributed by atoms with E-state index in [4.69, 9.17) is 5.11 Å². The minimum atomic E-state index is 0.149. The fourth-order valence-corrected chi connectivity index (χ4v) is 1.42. The highest BCUT2D eigenvalue weighted by Crippen LogP contribution is 2.24. The number of hydrogen-bond acceptors (Lipinski definition) is 2. The number of Topliss-reactive ketones (excluding diaryl/α,β-unsaturated/α-hetero) is 1. The van der Waals surface area contributed by atoms with Crippen LogP contribution in [0.3, 0.4) is 0 Å². The third-order valence-electron chi connectivity index (χ3n) is 2.02. The third-order valence-corrected chi connectivity index (χ3v) is 2.02. The third kappa shape index (κ3) is 3.39. The summed E-state index contributed by atoms with van der Waals surface area (Å²) in [5.74, 6) is 0.329. The van der Waals surface area contributed by atoms with Crippen molar-refractivity contribution in [3.05, 3.63) is 29.3 Å². The Morgan fingerprint density at radius 1 is 1.07 bits per heavy atom. The first-order chi connectivity index (χ1) is 7.27. The van der Waals surface area contributed by atoms with Crippen LogP contribution < -0.4 is 0 Å². The molecular formula is C13H20O2. The summed E-state index contributed by atoms with van der Waals surface area (Å²) in [6.45, 7) is 8.00. The van der Waals surface area contributed by atoms with E-state index in [0.717, 1.165) is 12.0 Å². The molecule has 0 unspecified atom stereocenters. The smallest absolute Gasteiger partial charge is 0.163 e. The summed E-state index contributed by atoms with van der Waals surface area (Å²) in [4.78, 5) is 11.1. The van der Waals surface area contributed by atoms with Crippen molar-refractivity contribution in [3.63, 3.8) is 0 Å². The number of phenols is 1. The molecular weight excluding hydrogens is 188 g/mol. The monoisotopic (exact) mass is 208 g/mol. The van der Waals surface area contributed by atoms with E-state index in [-0.39, 0.29) is 11.5 Å². The molecule has 15 heavy (non-hydrogen) atoms. The van der Waals surface area contributed by atoms with Crippen LogP contribution in [0.5, 0.6) is 5.75 Å². The summed E-state index contributed by atoms with van der Waals surface area (Å²) in [5, 5.41) is 9.06. The first-order valence-corrected chi connectivity index (χ1v) is 5.62. The predicted molar refractivity (Wildman–Crippen MR) is 63.5 cm³/mol. The van der Waals surface area contributed by atoms with E-state index in [1.54, 1.807) is 12.1 Å².